The first-order chi connectivity index (χ1) is 10.3. The van der Waals surface area contributed by atoms with Crippen LogP contribution < -0.4 is 5.32 Å². The van der Waals surface area contributed by atoms with Crippen LogP contribution in [0.15, 0.2) is 24.3 Å². The molecular weight excluding hydrogens is 258 g/mol. The minimum absolute atomic E-state index is 0.768. The van der Waals surface area contributed by atoms with Gasteiger partial charge in [0.15, 0.2) is 0 Å². The smallest absolute Gasteiger partial charge is 0.0587 e. The van der Waals surface area contributed by atoms with E-state index < -0.39 is 0 Å². The van der Waals surface area contributed by atoms with Gasteiger partial charge in [-0.25, -0.2) is 0 Å². The predicted molar refractivity (Wildman–Crippen MR) is 89.7 cm³/mol. The summed E-state index contributed by atoms with van der Waals surface area (Å²) >= 11 is 0. The summed E-state index contributed by atoms with van der Waals surface area (Å²) in [4.78, 5) is 0. The molecule has 1 atom stereocenters. The van der Waals surface area contributed by atoms with Crippen LogP contribution in [0.3, 0.4) is 0 Å². The third-order valence-electron chi connectivity index (χ3n) is 4.79. The number of ether oxygens (including phenoxy) is 1. The van der Waals surface area contributed by atoms with E-state index in [1.165, 1.54) is 49.7 Å². The average molecular weight is 289 g/mol. The van der Waals surface area contributed by atoms with Crippen molar-refractivity contribution in [1.82, 2.24) is 5.32 Å². The standard InChI is InChI=1S/C19H31NO/c1-16-7-6-8-17(13-16)14-19(15-20-11-12-21-2)18-9-4-3-5-10-18/h6-8,13,18-20H,3-5,9-12,14-15H2,1-2H3. The molecule has 2 nitrogen and oxygen atoms in total. The van der Waals surface area contributed by atoms with Crippen LogP contribution in [-0.2, 0) is 11.2 Å². The van der Waals surface area contributed by atoms with Gasteiger partial charge in [0.2, 0.25) is 0 Å². The van der Waals surface area contributed by atoms with Crippen molar-refractivity contribution in [1.29, 1.82) is 0 Å². The molecular formula is C19H31NO. The van der Waals surface area contributed by atoms with Gasteiger partial charge >= 0.3 is 0 Å². The van der Waals surface area contributed by atoms with Gasteiger partial charge < -0.3 is 10.1 Å². The largest absolute Gasteiger partial charge is 0.383 e. The number of methoxy groups -OCH3 is 1. The van der Waals surface area contributed by atoms with Gasteiger partial charge in [0.05, 0.1) is 6.61 Å². The van der Waals surface area contributed by atoms with Crippen molar-refractivity contribution in [2.24, 2.45) is 11.8 Å². The van der Waals surface area contributed by atoms with Crippen molar-refractivity contribution in [2.75, 3.05) is 26.8 Å². The van der Waals surface area contributed by atoms with Crippen LogP contribution in [0.5, 0.6) is 0 Å². The Balaban J connectivity index is 1.93. The van der Waals surface area contributed by atoms with E-state index in [1.54, 1.807) is 7.11 Å². The van der Waals surface area contributed by atoms with Gasteiger partial charge in [-0.3, -0.25) is 0 Å². The zero-order chi connectivity index (χ0) is 14.9. The zero-order valence-corrected chi connectivity index (χ0v) is 13.7. The first-order valence-corrected chi connectivity index (χ1v) is 8.55. The van der Waals surface area contributed by atoms with E-state index in [0.717, 1.165) is 31.5 Å². The highest BCUT2D eigenvalue weighted by Crippen LogP contribution is 2.31. The number of rotatable bonds is 8. The Labute approximate surface area is 130 Å². The van der Waals surface area contributed by atoms with E-state index >= 15 is 0 Å². The van der Waals surface area contributed by atoms with Crippen molar-refractivity contribution < 1.29 is 4.74 Å². The maximum absolute atomic E-state index is 5.14. The molecule has 1 aromatic rings. The lowest BCUT2D eigenvalue weighted by molar-refractivity contribution is 0.190. The maximum atomic E-state index is 5.14. The van der Waals surface area contributed by atoms with Crippen LogP contribution in [0.2, 0.25) is 0 Å². The highest BCUT2D eigenvalue weighted by molar-refractivity contribution is 5.22. The Morgan fingerprint density at radius 3 is 2.76 bits per heavy atom. The molecule has 0 amide bonds. The van der Waals surface area contributed by atoms with Crippen LogP contribution >= 0.6 is 0 Å². The summed E-state index contributed by atoms with van der Waals surface area (Å²) in [6.45, 7) is 5.09. The van der Waals surface area contributed by atoms with Gasteiger partial charge in [0, 0.05) is 13.7 Å². The van der Waals surface area contributed by atoms with Gasteiger partial charge in [0.1, 0.15) is 0 Å². The monoisotopic (exact) mass is 289 g/mol. The lowest BCUT2D eigenvalue weighted by atomic mass is 9.77. The second-order valence-corrected chi connectivity index (χ2v) is 6.55. The van der Waals surface area contributed by atoms with E-state index in [-0.39, 0.29) is 0 Å². The molecule has 1 N–H and O–H groups in total. The summed E-state index contributed by atoms with van der Waals surface area (Å²) in [5.41, 5.74) is 2.88. The number of benzene rings is 1. The minimum atomic E-state index is 0.768. The summed E-state index contributed by atoms with van der Waals surface area (Å²) in [6.07, 6.45) is 8.34. The summed E-state index contributed by atoms with van der Waals surface area (Å²) in [5, 5.41) is 3.59. The highest BCUT2D eigenvalue weighted by Gasteiger charge is 2.23. The average Bonchev–Trinajstić information content (AvgIpc) is 2.51. The SMILES string of the molecule is COCCNCC(Cc1cccc(C)c1)C1CCCCC1. The lowest BCUT2D eigenvalue weighted by Crippen LogP contribution is -2.32. The normalized spacial score (nSPS) is 17.8. The van der Waals surface area contributed by atoms with Crippen molar-refractivity contribution in [2.45, 2.75) is 45.4 Å². The molecule has 21 heavy (non-hydrogen) atoms. The van der Waals surface area contributed by atoms with Crippen molar-refractivity contribution in [3.8, 4) is 0 Å². The van der Waals surface area contributed by atoms with Crippen LogP contribution in [0.4, 0.5) is 0 Å². The third-order valence-corrected chi connectivity index (χ3v) is 4.79. The van der Waals surface area contributed by atoms with Crippen molar-refractivity contribution in [3.63, 3.8) is 0 Å². The molecule has 0 bridgehead atoms. The number of hydrogen-bond donors (Lipinski definition) is 1. The van der Waals surface area contributed by atoms with E-state index in [9.17, 15) is 0 Å². The van der Waals surface area contributed by atoms with Crippen LogP contribution in [0, 0.1) is 18.8 Å². The fourth-order valence-electron chi connectivity index (χ4n) is 3.61. The van der Waals surface area contributed by atoms with Crippen LogP contribution in [0.25, 0.3) is 0 Å². The molecule has 1 aliphatic rings. The summed E-state index contributed by atoms with van der Waals surface area (Å²) in [7, 11) is 1.77. The molecule has 1 aliphatic carbocycles. The molecule has 1 fully saturated rings. The van der Waals surface area contributed by atoms with Crippen molar-refractivity contribution in [3.05, 3.63) is 35.4 Å². The van der Waals surface area contributed by atoms with E-state index in [1.807, 2.05) is 0 Å². The molecule has 1 aromatic carbocycles. The minimum Gasteiger partial charge on any atom is -0.383 e. The molecule has 0 aromatic heterocycles. The molecule has 0 heterocycles. The Kier molecular flexibility index (Phi) is 7.25. The Hall–Kier alpha value is -0.860. The molecule has 2 rings (SSSR count). The number of hydrogen-bond acceptors (Lipinski definition) is 2. The maximum Gasteiger partial charge on any atom is 0.0587 e. The fourth-order valence-corrected chi connectivity index (χ4v) is 3.61. The van der Waals surface area contributed by atoms with Gasteiger partial charge in [-0.2, -0.15) is 0 Å². The molecule has 0 saturated heterocycles. The number of nitrogens with one attached hydrogen (secondary N) is 1. The summed E-state index contributed by atoms with van der Waals surface area (Å²) < 4.78 is 5.14. The number of aryl methyl sites for hydroxylation is 1. The van der Waals surface area contributed by atoms with Gasteiger partial charge in [0.25, 0.3) is 0 Å². The fraction of sp³-hybridized carbons (Fsp3) is 0.684. The summed E-state index contributed by atoms with van der Waals surface area (Å²) in [6, 6.07) is 9.03. The Bertz CT molecular complexity index is 398. The molecule has 2 heteroatoms. The second kappa shape index (κ2) is 9.22. The highest BCUT2D eigenvalue weighted by atomic mass is 16.5. The third kappa shape index (κ3) is 5.80. The Morgan fingerprint density at radius 1 is 1.24 bits per heavy atom. The van der Waals surface area contributed by atoms with E-state index in [4.69, 9.17) is 4.74 Å². The van der Waals surface area contributed by atoms with Crippen LogP contribution in [-0.4, -0.2) is 26.8 Å². The van der Waals surface area contributed by atoms with Crippen LogP contribution in [0.1, 0.15) is 43.2 Å². The molecule has 1 saturated carbocycles. The first kappa shape index (κ1) is 16.5. The predicted octanol–water partition coefficient (Wildman–Crippen LogP) is 3.97. The first-order valence-electron chi connectivity index (χ1n) is 8.55. The molecule has 0 radical (unpaired) electrons. The lowest BCUT2D eigenvalue weighted by Gasteiger charge is -2.31. The molecule has 118 valence electrons. The Morgan fingerprint density at radius 2 is 2.05 bits per heavy atom. The van der Waals surface area contributed by atoms with Crippen molar-refractivity contribution >= 4 is 0 Å². The zero-order valence-electron chi connectivity index (χ0n) is 13.7. The molecule has 0 spiro atoms. The second-order valence-electron chi connectivity index (χ2n) is 6.55. The summed E-state index contributed by atoms with van der Waals surface area (Å²) in [5.74, 6) is 1.67. The van der Waals surface area contributed by atoms with E-state index in [0.29, 0.717) is 0 Å². The molecule has 1 unspecified atom stereocenters. The van der Waals surface area contributed by atoms with Gasteiger partial charge in [-0.05, 0) is 37.3 Å². The molecule has 0 aliphatic heterocycles. The van der Waals surface area contributed by atoms with Gasteiger partial charge in [-0.15, -0.1) is 0 Å². The quantitative estimate of drug-likeness (QED) is 0.731. The van der Waals surface area contributed by atoms with Gasteiger partial charge in [-0.1, -0.05) is 61.9 Å². The topological polar surface area (TPSA) is 21.3 Å². The van der Waals surface area contributed by atoms with E-state index in [2.05, 4.69) is 36.5 Å².